The minimum atomic E-state index is -0.968. The van der Waals surface area contributed by atoms with Crippen molar-refractivity contribution in [3.05, 3.63) is 41.5 Å². The summed E-state index contributed by atoms with van der Waals surface area (Å²) in [6, 6.07) is 3.30. The number of nitrogens with one attached hydrogen (secondary N) is 2. The van der Waals surface area contributed by atoms with Gasteiger partial charge in [0.15, 0.2) is 11.6 Å². The van der Waals surface area contributed by atoms with Crippen molar-refractivity contribution >= 4 is 11.6 Å². The lowest BCUT2D eigenvalue weighted by molar-refractivity contribution is -0.115. The van der Waals surface area contributed by atoms with Crippen LogP contribution in [0, 0.1) is 11.6 Å². The van der Waals surface area contributed by atoms with Crippen LogP contribution in [0.4, 0.5) is 14.5 Å². The summed E-state index contributed by atoms with van der Waals surface area (Å²) >= 11 is 0. The van der Waals surface area contributed by atoms with E-state index in [0.717, 1.165) is 37.9 Å². The summed E-state index contributed by atoms with van der Waals surface area (Å²) in [6.45, 7) is 0.906. The lowest BCUT2D eigenvalue weighted by atomic mass is 9.97. The van der Waals surface area contributed by atoms with E-state index in [9.17, 15) is 13.6 Å². The van der Waals surface area contributed by atoms with Crippen molar-refractivity contribution in [3.63, 3.8) is 0 Å². The average Bonchev–Trinajstić information content (AvgIpc) is 2.49. The number of hydrogen-bond acceptors (Lipinski definition) is 2. The molecule has 0 fully saturated rings. The summed E-state index contributed by atoms with van der Waals surface area (Å²) in [7, 11) is 0. The molecule has 0 aromatic heterocycles. The summed E-state index contributed by atoms with van der Waals surface area (Å²) in [5, 5.41) is 5.58. The van der Waals surface area contributed by atoms with E-state index in [4.69, 9.17) is 0 Å². The Bertz CT molecular complexity index is 529. The van der Waals surface area contributed by atoms with Gasteiger partial charge in [-0.2, -0.15) is 0 Å². The first kappa shape index (κ1) is 15.6. The van der Waals surface area contributed by atoms with Crippen LogP contribution in [-0.2, 0) is 4.79 Å². The molecule has 1 aromatic carbocycles. The van der Waals surface area contributed by atoms with E-state index in [1.165, 1.54) is 24.5 Å². The number of allylic oxidation sites excluding steroid dienone is 1. The van der Waals surface area contributed by atoms with Crippen LogP contribution in [0.25, 0.3) is 0 Å². The molecule has 2 N–H and O–H groups in total. The predicted molar refractivity (Wildman–Crippen MR) is 79.0 cm³/mol. The second-order valence-corrected chi connectivity index (χ2v) is 5.21. The zero-order valence-electron chi connectivity index (χ0n) is 11.9. The van der Waals surface area contributed by atoms with Gasteiger partial charge in [-0.3, -0.25) is 4.79 Å². The van der Waals surface area contributed by atoms with Gasteiger partial charge in [0, 0.05) is 11.8 Å². The number of carbonyl (C=O) groups is 1. The smallest absolute Gasteiger partial charge is 0.238 e. The lowest BCUT2D eigenvalue weighted by Gasteiger charge is -2.13. The van der Waals surface area contributed by atoms with E-state index >= 15 is 0 Å². The van der Waals surface area contributed by atoms with Gasteiger partial charge in [-0.1, -0.05) is 11.6 Å². The molecular formula is C16H20F2N2O. The Morgan fingerprint density at radius 1 is 1.19 bits per heavy atom. The summed E-state index contributed by atoms with van der Waals surface area (Å²) in [6.07, 6.45) is 8.08. The van der Waals surface area contributed by atoms with Gasteiger partial charge >= 0.3 is 0 Å². The number of hydrogen-bond donors (Lipinski definition) is 2. The van der Waals surface area contributed by atoms with Crippen LogP contribution in [0.5, 0.6) is 0 Å². The molecule has 0 spiro atoms. The molecule has 114 valence electrons. The van der Waals surface area contributed by atoms with Gasteiger partial charge in [-0.15, -0.1) is 0 Å². The van der Waals surface area contributed by atoms with Gasteiger partial charge in [0.2, 0.25) is 5.91 Å². The van der Waals surface area contributed by atoms with Crippen LogP contribution >= 0.6 is 0 Å². The van der Waals surface area contributed by atoms with Crippen molar-refractivity contribution < 1.29 is 13.6 Å². The second kappa shape index (κ2) is 7.88. The van der Waals surface area contributed by atoms with E-state index in [-0.39, 0.29) is 18.1 Å². The van der Waals surface area contributed by atoms with Crippen LogP contribution < -0.4 is 10.6 Å². The Kier molecular flexibility index (Phi) is 5.87. The number of carbonyl (C=O) groups excluding carboxylic acids is 1. The molecule has 0 saturated heterocycles. The normalized spacial score (nSPS) is 14.7. The van der Waals surface area contributed by atoms with E-state index in [2.05, 4.69) is 16.7 Å². The van der Waals surface area contributed by atoms with Gasteiger partial charge in [0.05, 0.1) is 6.54 Å². The number of rotatable bonds is 6. The SMILES string of the molecule is O=C(CNCCC1=CCCCC1)Nc1ccc(F)c(F)c1. The number of benzene rings is 1. The fourth-order valence-corrected chi connectivity index (χ4v) is 2.36. The first-order valence-corrected chi connectivity index (χ1v) is 7.28. The monoisotopic (exact) mass is 294 g/mol. The molecule has 0 heterocycles. The van der Waals surface area contributed by atoms with Crippen LogP contribution in [0.1, 0.15) is 32.1 Å². The lowest BCUT2D eigenvalue weighted by Crippen LogP contribution is -2.29. The molecule has 21 heavy (non-hydrogen) atoms. The third-order valence-electron chi connectivity index (χ3n) is 3.50. The molecule has 3 nitrogen and oxygen atoms in total. The highest BCUT2D eigenvalue weighted by Crippen LogP contribution is 2.19. The molecule has 1 aliphatic rings. The summed E-state index contributed by atoms with van der Waals surface area (Å²) in [5.41, 5.74) is 1.71. The topological polar surface area (TPSA) is 41.1 Å². The van der Waals surface area contributed by atoms with Crippen LogP contribution in [0.15, 0.2) is 29.8 Å². The van der Waals surface area contributed by atoms with E-state index in [0.29, 0.717) is 0 Å². The van der Waals surface area contributed by atoms with Crippen molar-refractivity contribution in [1.29, 1.82) is 0 Å². The first-order valence-electron chi connectivity index (χ1n) is 7.28. The Hall–Kier alpha value is -1.75. The van der Waals surface area contributed by atoms with Gasteiger partial charge in [0.25, 0.3) is 0 Å². The molecular weight excluding hydrogens is 274 g/mol. The highest BCUT2D eigenvalue weighted by atomic mass is 19.2. The molecule has 0 atom stereocenters. The van der Waals surface area contributed by atoms with Crippen molar-refractivity contribution in [2.24, 2.45) is 0 Å². The molecule has 0 bridgehead atoms. The van der Waals surface area contributed by atoms with Gasteiger partial charge in [-0.05, 0) is 50.8 Å². The summed E-state index contributed by atoms with van der Waals surface area (Å²) in [5.74, 6) is -2.16. The molecule has 0 radical (unpaired) electrons. The van der Waals surface area contributed by atoms with Crippen LogP contribution in [0.2, 0.25) is 0 Å². The van der Waals surface area contributed by atoms with Crippen molar-refractivity contribution in [2.45, 2.75) is 32.1 Å². The maximum Gasteiger partial charge on any atom is 0.238 e. The van der Waals surface area contributed by atoms with Crippen molar-refractivity contribution in [1.82, 2.24) is 5.32 Å². The fourth-order valence-electron chi connectivity index (χ4n) is 2.36. The molecule has 1 aliphatic carbocycles. The molecule has 1 aromatic rings. The number of anilines is 1. The molecule has 1 amide bonds. The minimum absolute atomic E-state index is 0.159. The highest BCUT2D eigenvalue weighted by molar-refractivity contribution is 5.92. The zero-order chi connectivity index (χ0) is 15.1. The highest BCUT2D eigenvalue weighted by Gasteiger charge is 2.07. The first-order chi connectivity index (χ1) is 10.1. The largest absolute Gasteiger partial charge is 0.325 e. The van der Waals surface area contributed by atoms with Crippen LogP contribution in [-0.4, -0.2) is 19.0 Å². The standard InChI is InChI=1S/C16H20F2N2O/c17-14-7-6-13(10-15(14)18)20-16(21)11-19-9-8-12-4-2-1-3-5-12/h4,6-7,10,19H,1-3,5,8-9,11H2,(H,20,21). The Morgan fingerprint density at radius 2 is 2.05 bits per heavy atom. The minimum Gasteiger partial charge on any atom is -0.325 e. The second-order valence-electron chi connectivity index (χ2n) is 5.21. The Labute approximate surface area is 123 Å². The number of amides is 1. The van der Waals surface area contributed by atoms with Gasteiger partial charge in [0.1, 0.15) is 0 Å². The third-order valence-corrected chi connectivity index (χ3v) is 3.50. The zero-order valence-corrected chi connectivity index (χ0v) is 11.9. The van der Waals surface area contributed by atoms with Crippen molar-refractivity contribution in [3.8, 4) is 0 Å². The Balaban J connectivity index is 1.67. The summed E-state index contributed by atoms with van der Waals surface area (Å²) in [4.78, 5) is 11.7. The fraction of sp³-hybridized carbons (Fsp3) is 0.438. The van der Waals surface area contributed by atoms with Gasteiger partial charge < -0.3 is 10.6 Å². The maximum atomic E-state index is 13.0. The Morgan fingerprint density at radius 3 is 2.76 bits per heavy atom. The van der Waals surface area contributed by atoms with Gasteiger partial charge in [-0.25, -0.2) is 8.78 Å². The average molecular weight is 294 g/mol. The quantitative estimate of drug-likeness (QED) is 0.624. The molecule has 0 aliphatic heterocycles. The van der Waals surface area contributed by atoms with E-state index in [1.54, 1.807) is 0 Å². The molecule has 0 unspecified atom stereocenters. The molecule has 5 heteroatoms. The molecule has 2 rings (SSSR count). The van der Waals surface area contributed by atoms with E-state index < -0.39 is 11.6 Å². The van der Waals surface area contributed by atoms with E-state index in [1.807, 2.05) is 0 Å². The van der Waals surface area contributed by atoms with Crippen molar-refractivity contribution in [2.75, 3.05) is 18.4 Å². The number of halogens is 2. The summed E-state index contributed by atoms with van der Waals surface area (Å²) < 4.78 is 25.7. The predicted octanol–water partition coefficient (Wildman–Crippen LogP) is 3.38. The van der Waals surface area contributed by atoms with Crippen LogP contribution in [0.3, 0.4) is 0 Å². The molecule has 0 saturated carbocycles. The maximum absolute atomic E-state index is 13.0. The third kappa shape index (κ3) is 5.27.